The van der Waals surface area contributed by atoms with E-state index in [1.54, 1.807) is 16.2 Å². The van der Waals surface area contributed by atoms with Gasteiger partial charge in [-0.15, -0.1) is 0 Å². The standard InChI is InChI=1S/C13H15N3O4S/c1-19-13(18)10-4-9(17)5-16(10)6-11-14-12(15-20-11)8-2-3-21-7-8/h2-3,7,9-10,17H,4-6H2,1H3. The summed E-state index contributed by atoms with van der Waals surface area (Å²) in [6, 6.07) is 1.44. The predicted molar refractivity (Wildman–Crippen MR) is 74.4 cm³/mol. The summed E-state index contributed by atoms with van der Waals surface area (Å²) in [6.07, 6.45) is -0.188. The molecule has 0 bridgehead atoms. The lowest BCUT2D eigenvalue weighted by Gasteiger charge is -2.19. The molecule has 7 nitrogen and oxygen atoms in total. The van der Waals surface area contributed by atoms with E-state index in [4.69, 9.17) is 9.26 Å². The molecular formula is C13H15N3O4S. The first-order valence-electron chi connectivity index (χ1n) is 6.52. The van der Waals surface area contributed by atoms with E-state index in [0.29, 0.717) is 31.2 Å². The largest absolute Gasteiger partial charge is 0.468 e. The van der Waals surface area contributed by atoms with E-state index in [9.17, 15) is 9.90 Å². The number of carbonyl (C=O) groups is 1. The Bertz CT molecular complexity index is 613. The molecule has 0 spiro atoms. The highest BCUT2D eigenvalue weighted by atomic mass is 32.1. The molecule has 1 fully saturated rings. The first-order valence-corrected chi connectivity index (χ1v) is 7.46. The Morgan fingerprint density at radius 1 is 1.67 bits per heavy atom. The summed E-state index contributed by atoms with van der Waals surface area (Å²) in [5, 5.41) is 17.5. The van der Waals surface area contributed by atoms with Crippen molar-refractivity contribution in [2.75, 3.05) is 13.7 Å². The number of carbonyl (C=O) groups excluding carboxylic acids is 1. The average Bonchev–Trinajstić information content (AvgIpc) is 3.18. The lowest BCUT2D eigenvalue weighted by molar-refractivity contribution is -0.146. The third-order valence-corrected chi connectivity index (χ3v) is 4.12. The van der Waals surface area contributed by atoms with Crippen molar-refractivity contribution < 1.29 is 19.2 Å². The van der Waals surface area contributed by atoms with Crippen molar-refractivity contribution in [1.29, 1.82) is 0 Å². The third kappa shape index (κ3) is 2.97. The van der Waals surface area contributed by atoms with Crippen molar-refractivity contribution in [2.45, 2.75) is 25.1 Å². The monoisotopic (exact) mass is 309 g/mol. The van der Waals surface area contributed by atoms with E-state index in [1.807, 2.05) is 16.8 Å². The van der Waals surface area contributed by atoms with Gasteiger partial charge in [0.05, 0.1) is 19.8 Å². The summed E-state index contributed by atoms with van der Waals surface area (Å²) in [5.41, 5.74) is 0.904. The zero-order chi connectivity index (χ0) is 14.8. The molecule has 2 atom stereocenters. The minimum absolute atomic E-state index is 0.313. The van der Waals surface area contributed by atoms with Crippen LogP contribution in [0.5, 0.6) is 0 Å². The number of hydrogen-bond donors (Lipinski definition) is 1. The van der Waals surface area contributed by atoms with Crippen LogP contribution in [0, 0.1) is 0 Å². The molecule has 0 saturated carbocycles. The smallest absolute Gasteiger partial charge is 0.323 e. The third-order valence-electron chi connectivity index (χ3n) is 3.44. The van der Waals surface area contributed by atoms with Gasteiger partial charge in [0.15, 0.2) is 0 Å². The van der Waals surface area contributed by atoms with E-state index in [-0.39, 0.29) is 5.97 Å². The van der Waals surface area contributed by atoms with Crippen LogP contribution in [0.4, 0.5) is 0 Å². The highest BCUT2D eigenvalue weighted by Crippen LogP contribution is 2.23. The van der Waals surface area contributed by atoms with Crippen LogP contribution in [0.1, 0.15) is 12.3 Å². The highest BCUT2D eigenvalue weighted by molar-refractivity contribution is 7.08. The zero-order valence-electron chi connectivity index (χ0n) is 11.4. The lowest BCUT2D eigenvalue weighted by Crippen LogP contribution is -2.36. The first kappa shape index (κ1) is 14.2. The van der Waals surface area contributed by atoms with Crippen molar-refractivity contribution in [3.63, 3.8) is 0 Å². The van der Waals surface area contributed by atoms with E-state index < -0.39 is 12.1 Å². The van der Waals surface area contributed by atoms with Crippen LogP contribution >= 0.6 is 11.3 Å². The molecule has 1 aliphatic heterocycles. The Morgan fingerprint density at radius 3 is 3.24 bits per heavy atom. The summed E-state index contributed by atoms with van der Waals surface area (Å²) in [7, 11) is 1.34. The minimum atomic E-state index is -0.548. The number of aliphatic hydroxyl groups is 1. The van der Waals surface area contributed by atoms with Gasteiger partial charge in [-0.3, -0.25) is 9.69 Å². The number of β-amino-alcohol motifs (C(OH)–C–C–N with tert-alkyl or cyclic N) is 1. The quantitative estimate of drug-likeness (QED) is 0.840. The van der Waals surface area contributed by atoms with E-state index >= 15 is 0 Å². The molecule has 21 heavy (non-hydrogen) atoms. The molecular weight excluding hydrogens is 294 g/mol. The van der Waals surface area contributed by atoms with Gasteiger partial charge in [0.25, 0.3) is 0 Å². The molecule has 8 heteroatoms. The molecule has 0 amide bonds. The molecule has 3 heterocycles. The second kappa shape index (κ2) is 5.92. The van der Waals surface area contributed by atoms with Gasteiger partial charge in [-0.05, 0) is 11.4 Å². The molecule has 1 N–H and O–H groups in total. The lowest BCUT2D eigenvalue weighted by atomic mass is 10.2. The van der Waals surface area contributed by atoms with Gasteiger partial charge in [0, 0.05) is 23.9 Å². The molecule has 112 valence electrons. The Kier molecular flexibility index (Phi) is 4.00. The van der Waals surface area contributed by atoms with Gasteiger partial charge in [0.1, 0.15) is 6.04 Å². The fourth-order valence-electron chi connectivity index (χ4n) is 2.44. The van der Waals surface area contributed by atoms with E-state index in [1.165, 1.54) is 7.11 Å². The van der Waals surface area contributed by atoms with Gasteiger partial charge >= 0.3 is 5.97 Å². The molecule has 2 unspecified atom stereocenters. The summed E-state index contributed by atoms with van der Waals surface area (Å²) >= 11 is 1.56. The number of nitrogens with zero attached hydrogens (tertiary/aromatic N) is 3. The minimum Gasteiger partial charge on any atom is -0.468 e. The highest BCUT2D eigenvalue weighted by Gasteiger charge is 2.37. The number of thiophene rings is 1. The fraction of sp³-hybridized carbons (Fsp3) is 0.462. The summed E-state index contributed by atoms with van der Waals surface area (Å²) in [5.74, 6) is 0.587. The van der Waals surface area contributed by atoms with Crippen molar-refractivity contribution in [1.82, 2.24) is 15.0 Å². The number of esters is 1. The molecule has 2 aromatic heterocycles. The van der Waals surface area contributed by atoms with Gasteiger partial charge in [-0.1, -0.05) is 5.16 Å². The maximum absolute atomic E-state index is 11.7. The maximum atomic E-state index is 11.7. The predicted octanol–water partition coefficient (Wildman–Crippen LogP) is 0.906. The van der Waals surface area contributed by atoms with Crippen LogP contribution < -0.4 is 0 Å². The second-order valence-corrected chi connectivity index (χ2v) is 5.66. The molecule has 0 radical (unpaired) electrons. The van der Waals surface area contributed by atoms with Gasteiger partial charge < -0.3 is 14.4 Å². The van der Waals surface area contributed by atoms with Gasteiger partial charge in [-0.25, -0.2) is 0 Å². The number of likely N-dealkylation sites (tertiary alicyclic amines) is 1. The number of hydrogen-bond acceptors (Lipinski definition) is 8. The fourth-order valence-corrected chi connectivity index (χ4v) is 3.07. The Morgan fingerprint density at radius 2 is 2.52 bits per heavy atom. The van der Waals surface area contributed by atoms with Crippen molar-refractivity contribution in [3.8, 4) is 11.4 Å². The summed E-state index contributed by atoms with van der Waals surface area (Å²) in [6.45, 7) is 0.698. The molecule has 1 saturated heterocycles. The number of aromatic nitrogens is 2. The van der Waals surface area contributed by atoms with Crippen molar-refractivity contribution >= 4 is 17.3 Å². The van der Waals surface area contributed by atoms with Crippen molar-refractivity contribution in [3.05, 3.63) is 22.7 Å². The first-order chi connectivity index (χ1) is 10.2. The van der Waals surface area contributed by atoms with E-state index in [0.717, 1.165) is 5.56 Å². The van der Waals surface area contributed by atoms with E-state index in [2.05, 4.69) is 10.1 Å². The maximum Gasteiger partial charge on any atom is 0.323 e. The van der Waals surface area contributed by atoms with Crippen molar-refractivity contribution in [2.24, 2.45) is 0 Å². The van der Waals surface area contributed by atoms with Crippen LogP contribution in [-0.4, -0.2) is 51.9 Å². The average molecular weight is 309 g/mol. The number of rotatable bonds is 4. The topological polar surface area (TPSA) is 88.7 Å². The number of ether oxygens (including phenoxy) is 1. The van der Waals surface area contributed by atoms with Gasteiger partial charge in [0.2, 0.25) is 11.7 Å². The van der Waals surface area contributed by atoms with Crippen LogP contribution in [0.15, 0.2) is 21.3 Å². The summed E-state index contributed by atoms with van der Waals surface area (Å²) in [4.78, 5) is 17.8. The van der Waals surface area contributed by atoms with Crippen LogP contribution in [0.2, 0.25) is 0 Å². The molecule has 1 aliphatic rings. The molecule has 0 aliphatic carbocycles. The Labute approximate surface area is 125 Å². The van der Waals surface area contributed by atoms with Crippen LogP contribution in [0.3, 0.4) is 0 Å². The Hall–Kier alpha value is -1.77. The molecule has 0 aromatic carbocycles. The number of methoxy groups -OCH3 is 1. The van der Waals surface area contributed by atoms with Crippen LogP contribution in [0.25, 0.3) is 11.4 Å². The SMILES string of the molecule is COC(=O)C1CC(O)CN1Cc1nc(-c2ccsc2)no1. The molecule has 3 rings (SSSR count). The Balaban J connectivity index is 1.72. The van der Waals surface area contributed by atoms with Gasteiger partial charge in [-0.2, -0.15) is 16.3 Å². The van der Waals surface area contributed by atoms with Crippen LogP contribution in [-0.2, 0) is 16.1 Å². The zero-order valence-corrected chi connectivity index (χ0v) is 12.2. The molecule has 2 aromatic rings. The number of aliphatic hydroxyl groups excluding tert-OH is 1. The normalized spacial score (nSPS) is 22.6. The second-order valence-electron chi connectivity index (χ2n) is 4.88. The summed E-state index contributed by atoms with van der Waals surface area (Å²) < 4.78 is 9.97.